The van der Waals surface area contributed by atoms with Crippen molar-refractivity contribution >= 4 is 12.0 Å². The van der Waals surface area contributed by atoms with Crippen LogP contribution >= 0.6 is 0 Å². The number of hydrogen-bond donors (Lipinski definition) is 1. The van der Waals surface area contributed by atoms with Crippen LogP contribution in [0.25, 0.3) is 0 Å². The summed E-state index contributed by atoms with van der Waals surface area (Å²) in [4.78, 5) is 25.5. The van der Waals surface area contributed by atoms with E-state index in [-0.39, 0.29) is 5.91 Å². The first kappa shape index (κ1) is 17.0. The van der Waals surface area contributed by atoms with Gasteiger partial charge in [0.2, 0.25) is 5.91 Å². The quantitative estimate of drug-likeness (QED) is 0.925. The SMILES string of the molecule is CN(C)C(=O)[C@@H](Cc1ccccc1)NC(=O)OC(C)(C)C. The van der Waals surface area contributed by atoms with Gasteiger partial charge in [-0.25, -0.2) is 4.79 Å². The summed E-state index contributed by atoms with van der Waals surface area (Å²) in [5, 5.41) is 2.65. The molecule has 1 atom stereocenters. The van der Waals surface area contributed by atoms with Gasteiger partial charge in [0, 0.05) is 20.5 Å². The highest BCUT2D eigenvalue weighted by Gasteiger charge is 2.25. The summed E-state index contributed by atoms with van der Waals surface area (Å²) < 4.78 is 5.22. The summed E-state index contributed by atoms with van der Waals surface area (Å²) in [5.74, 6) is -0.162. The van der Waals surface area contributed by atoms with Crippen LogP contribution in [0, 0.1) is 0 Å². The summed E-state index contributed by atoms with van der Waals surface area (Å²) in [6, 6.07) is 8.92. The number of rotatable bonds is 4. The first-order valence-electron chi connectivity index (χ1n) is 6.93. The number of ether oxygens (including phenoxy) is 1. The van der Waals surface area contributed by atoms with Crippen LogP contribution in [0.5, 0.6) is 0 Å². The molecule has 0 saturated heterocycles. The average molecular weight is 292 g/mol. The minimum absolute atomic E-state index is 0.162. The molecule has 0 aliphatic heterocycles. The first-order valence-corrected chi connectivity index (χ1v) is 6.93. The van der Waals surface area contributed by atoms with Crippen molar-refractivity contribution < 1.29 is 14.3 Å². The smallest absolute Gasteiger partial charge is 0.408 e. The number of alkyl carbamates (subject to hydrolysis) is 1. The van der Waals surface area contributed by atoms with Crippen molar-refractivity contribution in [1.82, 2.24) is 10.2 Å². The second-order valence-corrected chi connectivity index (χ2v) is 6.12. The maximum atomic E-state index is 12.2. The number of amides is 2. The standard InChI is InChI=1S/C16H24N2O3/c1-16(2,3)21-15(20)17-13(14(19)18(4)5)11-12-9-7-6-8-10-12/h6-10,13H,11H2,1-5H3,(H,17,20)/t13-/m1/s1. The van der Waals surface area contributed by atoms with Crippen molar-refractivity contribution in [3.63, 3.8) is 0 Å². The molecule has 1 aromatic carbocycles. The number of carbonyl (C=O) groups excluding carboxylic acids is 2. The van der Waals surface area contributed by atoms with E-state index in [0.717, 1.165) is 5.56 Å². The third-order valence-corrected chi connectivity index (χ3v) is 2.71. The minimum atomic E-state index is -0.641. The van der Waals surface area contributed by atoms with Crippen LogP contribution < -0.4 is 5.32 Å². The average Bonchev–Trinajstić information content (AvgIpc) is 2.36. The molecule has 5 nitrogen and oxygen atoms in total. The summed E-state index contributed by atoms with van der Waals surface area (Å²) in [6.45, 7) is 5.35. The topological polar surface area (TPSA) is 58.6 Å². The molecule has 0 aromatic heterocycles. The van der Waals surface area contributed by atoms with E-state index in [0.29, 0.717) is 6.42 Å². The first-order chi connectivity index (χ1) is 9.69. The number of nitrogens with zero attached hydrogens (tertiary/aromatic N) is 1. The van der Waals surface area contributed by atoms with Gasteiger partial charge >= 0.3 is 6.09 Å². The van der Waals surface area contributed by atoms with Crippen LogP contribution in [0.1, 0.15) is 26.3 Å². The Labute approximate surface area is 126 Å². The predicted molar refractivity (Wildman–Crippen MR) is 82.0 cm³/mol. The molecule has 0 radical (unpaired) electrons. The van der Waals surface area contributed by atoms with Crippen LogP contribution in [0.2, 0.25) is 0 Å². The number of likely N-dealkylation sites (N-methyl/N-ethyl adjacent to an activating group) is 1. The number of hydrogen-bond acceptors (Lipinski definition) is 3. The molecule has 5 heteroatoms. The molecule has 0 bridgehead atoms. The van der Waals surface area contributed by atoms with Gasteiger partial charge in [-0.05, 0) is 26.3 Å². The molecule has 0 aliphatic carbocycles. The molecule has 0 saturated carbocycles. The van der Waals surface area contributed by atoms with Gasteiger partial charge < -0.3 is 15.0 Å². The van der Waals surface area contributed by atoms with Crippen molar-refractivity contribution in [3.8, 4) is 0 Å². The van der Waals surface area contributed by atoms with Crippen molar-refractivity contribution in [3.05, 3.63) is 35.9 Å². The minimum Gasteiger partial charge on any atom is -0.444 e. The maximum absolute atomic E-state index is 12.2. The van der Waals surface area contributed by atoms with E-state index in [1.807, 2.05) is 30.3 Å². The van der Waals surface area contributed by atoms with Gasteiger partial charge in [0.1, 0.15) is 11.6 Å². The molecule has 0 unspecified atom stereocenters. The lowest BCUT2D eigenvalue weighted by Crippen LogP contribution is -2.48. The van der Waals surface area contributed by atoms with E-state index >= 15 is 0 Å². The lowest BCUT2D eigenvalue weighted by molar-refractivity contribution is -0.130. The molecule has 1 rings (SSSR count). The van der Waals surface area contributed by atoms with Crippen molar-refractivity contribution in [2.75, 3.05) is 14.1 Å². The second kappa shape index (κ2) is 7.11. The molecule has 1 aromatic rings. The Morgan fingerprint density at radius 1 is 1.19 bits per heavy atom. The maximum Gasteiger partial charge on any atom is 0.408 e. The third-order valence-electron chi connectivity index (χ3n) is 2.71. The highest BCUT2D eigenvalue weighted by molar-refractivity contribution is 5.85. The second-order valence-electron chi connectivity index (χ2n) is 6.12. The van der Waals surface area contributed by atoms with Gasteiger partial charge in [-0.3, -0.25) is 4.79 Å². The summed E-state index contributed by atoms with van der Waals surface area (Å²) in [7, 11) is 3.33. The highest BCUT2D eigenvalue weighted by atomic mass is 16.6. The molecule has 0 heterocycles. The molecule has 1 N–H and O–H groups in total. The van der Waals surface area contributed by atoms with E-state index in [2.05, 4.69) is 5.32 Å². The Hall–Kier alpha value is -2.04. The van der Waals surface area contributed by atoms with Crippen molar-refractivity contribution in [2.45, 2.75) is 38.8 Å². The Morgan fingerprint density at radius 3 is 2.24 bits per heavy atom. The molecule has 116 valence electrons. The van der Waals surface area contributed by atoms with Gasteiger partial charge in [-0.15, -0.1) is 0 Å². The number of benzene rings is 1. The molecule has 2 amide bonds. The summed E-state index contributed by atoms with van der Waals surface area (Å²) >= 11 is 0. The van der Waals surface area contributed by atoms with Crippen LogP contribution in [-0.4, -0.2) is 42.6 Å². The Kier molecular flexibility index (Phi) is 5.76. The molecular weight excluding hydrogens is 268 g/mol. The number of nitrogens with one attached hydrogen (secondary N) is 1. The molecule has 0 aliphatic rings. The van der Waals surface area contributed by atoms with Gasteiger partial charge in [0.15, 0.2) is 0 Å². The molecule has 21 heavy (non-hydrogen) atoms. The number of carbonyl (C=O) groups is 2. The van der Waals surface area contributed by atoms with Crippen LogP contribution in [0.3, 0.4) is 0 Å². The molecular formula is C16H24N2O3. The largest absolute Gasteiger partial charge is 0.444 e. The van der Waals surface area contributed by atoms with Crippen molar-refractivity contribution in [2.24, 2.45) is 0 Å². The van der Waals surface area contributed by atoms with Crippen LogP contribution in [-0.2, 0) is 16.0 Å². The fraction of sp³-hybridized carbons (Fsp3) is 0.500. The lowest BCUT2D eigenvalue weighted by Gasteiger charge is -2.25. The molecule has 0 spiro atoms. The van der Waals surface area contributed by atoms with Gasteiger partial charge in [-0.1, -0.05) is 30.3 Å². The zero-order chi connectivity index (χ0) is 16.0. The fourth-order valence-electron chi connectivity index (χ4n) is 1.81. The van der Waals surface area contributed by atoms with Gasteiger partial charge in [0.05, 0.1) is 0 Å². The Balaban J connectivity index is 2.78. The van der Waals surface area contributed by atoms with Crippen LogP contribution in [0.4, 0.5) is 4.79 Å². The van der Waals surface area contributed by atoms with E-state index < -0.39 is 17.7 Å². The van der Waals surface area contributed by atoms with E-state index in [1.54, 1.807) is 34.9 Å². The van der Waals surface area contributed by atoms with E-state index in [1.165, 1.54) is 4.90 Å². The van der Waals surface area contributed by atoms with Crippen molar-refractivity contribution in [1.29, 1.82) is 0 Å². The fourth-order valence-corrected chi connectivity index (χ4v) is 1.81. The monoisotopic (exact) mass is 292 g/mol. The Bertz CT molecular complexity index is 478. The summed E-state index contributed by atoms with van der Waals surface area (Å²) in [5.41, 5.74) is 0.386. The lowest BCUT2D eigenvalue weighted by atomic mass is 10.1. The summed E-state index contributed by atoms with van der Waals surface area (Å²) in [6.07, 6.45) is -0.157. The van der Waals surface area contributed by atoms with E-state index in [9.17, 15) is 9.59 Å². The normalized spacial score (nSPS) is 12.4. The van der Waals surface area contributed by atoms with Gasteiger partial charge in [-0.2, -0.15) is 0 Å². The zero-order valence-corrected chi connectivity index (χ0v) is 13.3. The molecule has 0 fully saturated rings. The third kappa shape index (κ3) is 6.29. The zero-order valence-electron chi connectivity index (χ0n) is 13.3. The highest BCUT2D eigenvalue weighted by Crippen LogP contribution is 2.09. The predicted octanol–water partition coefficient (Wildman–Crippen LogP) is 2.21. The van der Waals surface area contributed by atoms with Gasteiger partial charge in [0.25, 0.3) is 0 Å². The van der Waals surface area contributed by atoms with E-state index in [4.69, 9.17) is 4.74 Å². The Morgan fingerprint density at radius 2 is 1.76 bits per heavy atom. The van der Waals surface area contributed by atoms with Crippen LogP contribution in [0.15, 0.2) is 30.3 Å².